The van der Waals surface area contributed by atoms with E-state index in [-0.39, 0.29) is 6.10 Å². The SMILES string of the molecule is COc1ccc(CC2CN(Cc3ccccc3)CCC2O)cc1. The summed E-state index contributed by atoms with van der Waals surface area (Å²) in [6.45, 7) is 2.88. The van der Waals surface area contributed by atoms with Gasteiger partial charge in [-0.1, -0.05) is 42.5 Å². The Morgan fingerprint density at radius 3 is 2.48 bits per heavy atom. The zero-order valence-electron chi connectivity index (χ0n) is 13.7. The van der Waals surface area contributed by atoms with Crippen molar-refractivity contribution in [1.82, 2.24) is 4.90 Å². The molecule has 1 aliphatic heterocycles. The Balaban J connectivity index is 1.61. The van der Waals surface area contributed by atoms with Crippen LogP contribution in [0.2, 0.25) is 0 Å². The zero-order valence-corrected chi connectivity index (χ0v) is 13.7. The van der Waals surface area contributed by atoms with E-state index in [0.29, 0.717) is 5.92 Å². The number of aliphatic hydroxyl groups is 1. The minimum atomic E-state index is -0.205. The summed E-state index contributed by atoms with van der Waals surface area (Å²) < 4.78 is 5.21. The van der Waals surface area contributed by atoms with E-state index in [1.54, 1.807) is 7.11 Å². The zero-order chi connectivity index (χ0) is 16.1. The third kappa shape index (κ3) is 4.34. The number of piperidine rings is 1. The highest BCUT2D eigenvalue weighted by Gasteiger charge is 2.27. The molecule has 0 aliphatic carbocycles. The lowest BCUT2D eigenvalue weighted by molar-refractivity contribution is 0.0239. The minimum absolute atomic E-state index is 0.205. The van der Waals surface area contributed by atoms with E-state index in [2.05, 4.69) is 47.4 Å². The Morgan fingerprint density at radius 2 is 1.78 bits per heavy atom. The number of ether oxygens (including phenoxy) is 1. The highest BCUT2D eigenvalue weighted by Crippen LogP contribution is 2.24. The predicted molar refractivity (Wildman–Crippen MR) is 92.5 cm³/mol. The van der Waals surface area contributed by atoms with Gasteiger partial charge in [0.1, 0.15) is 5.75 Å². The summed E-state index contributed by atoms with van der Waals surface area (Å²) in [5.74, 6) is 1.17. The Bertz CT molecular complexity index is 597. The van der Waals surface area contributed by atoms with E-state index in [4.69, 9.17) is 4.74 Å². The lowest BCUT2D eigenvalue weighted by Crippen LogP contribution is -2.43. The molecule has 122 valence electrons. The van der Waals surface area contributed by atoms with Crippen molar-refractivity contribution in [1.29, 1.82) is 0 Å². The second-order valence-corrected chi connectivity index (χ2v) is 6.39. The summed E-state index contributed by atoms with van der Waals surface area (Å²) in [5.41, 5.74) is 2.60. The maximum atomic E-state index is 10.4. The van der Waals surface area contributed by atoms with Gasteiger partial charge < -0.3 is 9.84 Å². The lowest BCUT2D eigenvalue weighted by Gasteiger charge is -2.36. The van der Waals surface area contributed by atoms with Crippen LogP contribution in [0, 0.1) is 5.92 Å². The largest absolute Gasteiger partial charge is 0.497 e. The number of hydrogen-bond donors (Lipinski definition) is 1. The van der Waals surface area contributed by atoms with Crippen molar-refractivity contribution in [2.45, 2.75) is 25.5 Å². The van der Waals surface area contributed by atoms with E-state index in [9.17, 15) is 5.11 Å². The van der Waals surface area contributed by atoms with Gasteiger partial charge in [0, 0.05) is 25.6 Å². The predicted octanol–water partition coefficient (Wildman–Crippen LogP) is 3.12. The molecule has 3 heteroatoms. The molecule has 0 amide bonds. The molecule has 1 fully saturated rings. The number of nitrogens with zero attached hydrogens (tertiary/aromatic N) is 1. The Morgan fingerprint density at radius 1 is 1.04 bits per heavy atom. The molecular weight excluding hydrogens is 286 g/mol. The van der Waals surface area contributed by atoms with Gasteiger partial charge in [-0.15, -0.1) is 0 Å². The van der Waals surface area contributed by atoms with Crippen molar-refractivity contribution >= 4 is 0 Å². The fraction of sp³-hybridized carbons (Fsp3) is 0.400. The van der Waals surface area contributed by atoms with E-state index in [1.807, 2.05) is 12.1 Å². The van der Waals surface area contributed by atoms with Crippen molar-refractivity contribution in [3.63, 3.8) is 0 Å². The van der Waals surface area contributed by atoms with Crippen molar-refractivity contribution < 1.29 is 9.84 Å². The number of rotatable bonds is 5. The molecule has 0 saturated carbocycles. The standard InChI is InChI=1S/C20H25NO2/c1-23-19-9-7-16(8-10-19)13-18-15-21(12-11-20(18)22)14-17-5-3-2-4-6-17/h2-10,18,20,22H,11-15H2,1H3. The summed E-state index contributed by atoms with van der Waals surface area (Å²) in [5, 5.41) is 10.4. The third-order valence-electron chi connectivity index (χ3n) is 4.68. The van der Waals surface area contributed by atoms with Crippen molar-refractivity contribution in [2.24, 2.45) is 5.92 Å². The highest BCUT2D eigenvalue weighted by molar-refractivity contribution is 5.27. The van der Waals surface area contributed by atoms with Gasteiger partial charge in [0.25, 0.3) is 0 Å². The van der Waals surface area contributed by atoms with Gasteiger partial charge in [0.2, 0.25) is 0 Å². The van der Waals surface area contributed by atoms with Gasteiger partial charge in [-0.05, 0) is 36.1 Å². The molecule has 2 aromatic carbocycles. The van der Waals surface area contributed by atoms with Crippen LogP contribution in [-0.2, 0) is 13.0 Å². The van der Waals surface area contributed by atoms with Crippen molar-refractivity contribution in [3.8, 4) is 5.75 Å². The Kier molecular flexibility index (Phi) is 5.31. The summed E-state index contributed by atoms with van der Waals surface area (Å²) in [6, 6.07) is 18.7. The van der Waals surface area contributed by atoms with Crippen LogP contribution in [0.1, 0.15) is 17.5 Å². The van der Waals surface area contributed by atoms with Crippen LogP contribution in [0.25, 0.3) is 0 Å². The summed E-state index contributed by atoms with van der Waals surface area (Å²) in [4.78, 5) is 2.45. The average molecular weight is 311 g/mol. The van der Waals surface area contributed by atoms with Crippen molar-refractivity contribution in [3.05, 3.63) is 65.7 Å². The molecule has 0 radical (unpaired) electrons. The molecule has 1 heterocycles. The van der Waals surface area contributed by atoms with E-state index >= 15 is 0 Å². The molecule has 23 heavy (non-hydrogen) atoms. The van der Waals surface area contributed by atoms with E-state index < -0.39 is 0 Å². The van der Waals surface area contributed by atoms with E-state index in [0.717, 1.165) is 38.2 Å². The summed E-state index contributed by atoms with van der Waals surface area (Å²) in [6.07, 6.45) is 1.56. The van der Waals surface area contributed by atoms with Crippen LogP contribution in [0.3, 0.4) is 0 Å². The first-order chi connectivity index (χ1) is 11.2. The van der Waals surface area contributed by atoms with Crippen LogP contribution >= 0.6 is 0 Å². The Hall–Kier alpha value is -1.84. The quantitative estimate of drug-likeness (QED) is 0.921. The van der Waals surface area contributed by atoms with Crippen LogP contribution in [0.5, 0.6) is 5.75 Å². The number of methoxy groups -OCH3 is 1. The van der Waals surface area contributed by atoms with Crippen LogP contribution in [0.4, 0.5) is 0 Å². The molecular formula is C20H25NO2. The fourth-order valence-electron chi connectivity index (χ4n) is 3.35. The number of likely N-dealkylation sites (tertiary alicyclic amines) is 1. The third-order valence-corrected chi connectivity index (χ3v) is 4.68. The van der Waals surface area contributed by atoms with Crippen LogP contribution in [-0.4, -0.2) is 36.3 Å². The molecule has 0 spiro atoms. The van der Waals surface area contributed by atoms with Crippen LogP contribution < -0.4 is 4.74 Å². The first kappa shape index (κ1) is 16.0. The normalized spacial score (nSPS) is 22.0. The molecule has 1 aliphatic rings. The summed E-state index contributed by atoms with van der Waals surface area (Å²) >= 11 is 0. The molecule has 2 aromatic rings. The van der Waals surface area contributed by atoms with Gasteiger partial charge in [0.05, 0.1) is 13.2 Å². The molecule has 2 unspecified atom stereocenters. The highest BCUT2D eigenvalue weighted by atomic mass is 16.5. The second kappa shape index (κ2) is 7.62. The van der Waals surface area contributed by atoms with Crippen LogP contribution in [0.15, 0.2) is 54.6 Å². The second-order valence-electron chi connectivity index (χ2n) is 6.39. The van der Waals surface area contributed by atoms with Gasteiger partial charge >= 0.3 is 0 Å². The smallest absolute Gasteiger partial charge is 0.118 e. The molecule has 3 rings (SSSR count). The van der Waals surface area contributed by atoms with Gasteiger partial charge in [-0.2, -0.15) is 0 Å². The molecule has 0 aromatic heterocycles. The van der Waals surface area contributed by atoms with Gasteiger partial charge in [-0.25, -0.2) is 0 Å². The lowest BCUT2D eigenvalue weighted by atomic mass is 9.88. The van der Waals surface area contributed by atoms with Gasteiger partial charge in [0.15, 0.2) is 0 Å². The molecule has 3 nitrogen and oxygen atoms in total. The first-order valence-electron chi connectivity index (χ1n) is 8.32. The topological polar surface area (TPSA) is 32.7 Å². The number of hydrogen-bond acceptors (Lipinski definition) is 3. The number of aliphatic hydroxyl groups excluding tert-OH is 1. The molecule has 0 bridgehead atoms. The summed E-state index contributed by atoms with van der Waals surface area (Å²) in [7, 11) is 1.68. The van der Waals surface area contributed by atoms with Crippen molar-refractivity contribution in [2.75, 3.05) is 20.2 Å². The molecule has 2 atom stereocenters. The maximum absolute atomic E-state index is 10.4. The van der Waals surface area contributed by atoms with Gasteiger partial charge in [-0.3, -0.25) is 4.90 Å². The minimum Gasteiger partial charge on any atom is -0.497 e. The van der Waals surface area contributed by atoms with E-state index in [1.165, 1.54) is 11.1 Å². The maximum Gasteiger partial charge on any atom is 0.118 e. The number of benzene rings is 2. The molecule has 1 N–H and O–H groups in total. The molecule has 1 saturated heterocycles. The first-order valence-corrected chi connectivity index (χ1v) is 8.32. The fourth-order valence-corrected chi connectivity index (χ4v) is 3.35. The Labute approximate surface area is 138 Å². The monoisotopic (exact) mass is 311 g/mol. The average Bonchev–Trinajstić information content (AvgIpc) is 2.59.